The van der Waals surface area contributed by atoms with Crippen LogP contribution in [-0.2, 0) is 4.74 Å². The van der Waals surface area contributed by atoms with Crippen LogP contribution in [0.3, 0.4) is 0 Å². The second-order valence-corrected chi connectivity index (χ2v) is 5.08. The summed E-state index contributed by atoms with van der Waals surface area (Å²) in [5.74, 6) is 0. The molecule has 0 aliphatic rings. The van der Waals surface area contributed by atoms with Crippen LogP contribution in [0.15, 0.2) is 30.3 Å². The molecule has 6 heteroatoms. The van der Waals surface area contributed by atoms with E-state index < -0.39 is 0 Å². The maximum absolute atomic E-state index is 12.0. The number of carbonyl (C=O) groups is 1. The number of aromatic nitrogens is 2. The first-order valence-corrected chi connectivity index (χ1v) is 7.28. The third kappa shape index (κ3) is 4.08. The Morgan fingerprint density at radius 1 is 1.32 bits per heavy atom. The summed E-state index contributed by atoms with van der Waals surface area (Å²) >= 11 is 0. The highest BCUT2D eigenvalue weighted by Gasteiger charge is 2.10. The number of rotatable bonds is 6. The summed E-state index contributed by atoms with van der Waals surface area (Å²) in [6.07, 6.45) is 0.781. The van der Waals surface area contributed by atoms with Gasteiger partial charge in [-0.2, -0.15) is 5.10 Å². The molecule has 0 saturated heterocycles. The molecule has 2 rings (SSSR count). The highest BCUT2D eigenvalue weighted by molar-refractivity contribution is 5.91. The van der Waals surface area contributed by atoms with Crippen LogP contribution in [0.5, 0.6) is 0 Å². The van der Waals surface area contributed by atoms with Crippen molar-refractivity contribution in [2.45, 2.75) is 20.3 Å². The van der Waals surface area contributed by atoms with Crippen LogP contribution in [0.1, 0.15) is 17.8 Å². The van der Waals surface area contributed by atoms with Crippen LogP contribution in [0.25, 0.3) is 5.69 Å². The SMILES string of the molecule is COCCCNC(=O)Nc1ccccc1-n1nc(C)cc1C. The number of hydrogen-bond acceptors (Lipinski definition) is 3. The number of para-hydroxylation sites is 2. The number of methoxy groups -OCH3 is 1. The van der Waals surface area contributed by atoms with Gasteiger partial charge in [-0.25, -0.2) is 9.48 Å². The number of aryl methyl sites for hydroxylation is 2. The molecule has 0 radical (unpaired) electrons. The first kappa shape index (κ1) is 16.0. The van der Waals surface area contributed by atoms with Crippen molar-refractivity contribution in [1.29, 1.82) is 0 Å². The van der Waals surface area contributed by atoms with Gasteiger partial charge in [0.1, 0.15) is 0 Å². The highest BCUT2D eigenvalue weighted by Crippen LogP contribution is 2.21. The van der Waals surface area contributed by atoms with Crippen molar-refractivity contribution in [3.63, 3.8) is 0 Å². The molecule has 0 spiro atoms. The Morgan fingerprint density at radius 3 is 2.77 bits per heavy atom. The van der Waals surface area contributed by atoms with Crippen molar-refractivity contribution < 1.29 is 9.53 Å². The van der Waals surface area contributed by atoms with Crippen LogP contribution in [0.2, 0.25) is 0 Å². The molecule has 22 heavy (non-hydrogen) atoms. The number of carbonyl (C=O) groups excluding carboxylic acids is 1. The lowest BCUT2D eigenvalue weighted by Gasteiger charge is -2.13. The van der Waals surface area contributed by atoms with Gasteiger partial charge in [-0.05, 0) is 38.5 Å². The van der Waals surface area contributed by atoms with Gasteiger partial charge in [0.05, 0.1) is 17.1 Å². The number of ether oxygens (including phenoxy) is 1. The predicted molar refractivity (Wildman–Crippen MR) is 86.6 cm³/mol. The van der Waals surface area contributed by atoms with Gasteiger partial charge in [0.2, 0.25) is 0 Å². The van der Waals surface area contributed by atoms with E-state index in [1.54, 1.807) is 7.11 Å². The summed E-state index contributed by atoms with van der Waals surface area (Å²) in [6, 6.07) is 9.37. The average Bonchev–Trinajstić information content (AvgIpc) is 2.83. The molecule has 1 heterocycles. The second kappa shape index (κ2) is 7.61. The van der Waals surface area contributed by atoms with Gasteiger partial charge in [0, 0.05) is 26.0 Å². The number of nitrogens with zero attached hydrogens (tertiary/aromatic N) is 2. The summed E-state index contributed by atoms with van der Waals surface area (Å²) in [6.45, 7) is 5.13. The Bertz CT molecular complexity index is 637. The molecule has 2 amide bonds. The summed E-state index contributed by atoms with van der Waals surface area (Å²) < 4.78 is 6.78. The minimum absolute atomic E-state index is 0.231. The lowest BCUT2D eigenvalue weighted by atomic mass is 10.2. The fraction of sp³-hybridized carbons (Fsp3) is 0.375. The molecule has 1 aromatic carbocycles. The molecule has 0 atom stereocenters. The number of anilines is 1. The summed E-state index contributed by atoms with van der Waals surface area (Å²) in [5, 5.41) is 10.1. The number of benzene rings is 1. The molecule has 6 nitrogen and oxygen atoms in total. The zero-order chi connectivity index (χ0) is 15.9. The van der Waals surface area contributed by atoms with Crippen molar-refractivity contribution in [1.82, 2.24) is 15.1 Å². The topological polar surface area (TPSA) is 68.2 Å². The Labute approximate surface area is 130 Å². The van der Waals surface area contributed by atoms with E-state index in [0.717, 1.165) is 29.2 Å². The van der Waals surface area contributed by atoms with Gasteiger partial charge in [-0.15, -0.1) is 0 Å². The number of amides is 2. The first-order valence-electron chi connectivity index (χ1n) is 7.28. The van der Waals surface area contributed by atoms with E-state index in [1.165, 1.54) is 0 Å². The van der Waals surface area contributed by atoms with Crippen molar-refractivity contribution in [3.8, 4) is 5.69 Å². The quantitative estimate of drug-likeness (QED) is 0.806. The number of nitrogens with one attached hydrogen (secondary N) is 2. The fourth-order valence-electron chi connectivity index (χ4n) is 2.22. The molecule has 2 aromatic rings. The van der Waals surface area contributed by atoms with E-state index in [0.29, 0.717) is 13.2 Å². The van der Waals surface area contributed by atoms with E-state index in [4.69, 9.17) is 4.74 Å². The smallest absolute Gasteiger partial charge is 0.319 e. The molecule has 1 aromatic heterocycles. The Balaban J connectivity index is 2.09. The number of urea groups is 1. The lowest BCUT2D eigenvalue weighted by molar-refractivity contribution is 0.194. The minimum atomic E-state index is -0.231. The maximum atomic E-state index is 12.0. The highest BCUT2D eigenvalue weighted by atomic mass is 16.5. The van der Waals surface area contributed by atoms with Crippen LogP contribution in [0, 0.1) is 13.8 Å². The first-order chi connectivity index (χ1) is 10.6. The Kier molecular flexibility index (Phi) is 5.55. The standard InChI is InChI=1S/C16H22N4O2/c1-12-11-13(2)20(19-12)15-8-5-4-7-14(15)18-16(21)17-9-6-10-22-3/h4-5,7-8,11H,6,9-10H2,1-3H3,(H2,17,18,21). The third-order valence-electron chi connectivity index (χ3n) is 3.20. The molecule has 0 saturated carbocycles. The zero-order valence-corrected chi connectivity index (χ0v) is 13.2. The van der Waals surface area contributed by atoms with Gasteiger partial charge >= 0.3 is 6.03 Å². The minimum Gasteiger partial charge on any atom is -0.385 e. The van der Waals surface area contributed by atoms with Crippen LogP contribution in [-0.4, -0.2) is 36.1 Å². The van der Waals surface area contributed by atoms with Gasteiger partial charge in [-0.1, -0.05) is 12.1 Å². The van der Waals surface area contributed by atoms with Gasteiger partial charge < -0.3 is 15.4 Å². The Hall–Kier alpha value is -2.34. The molecule has 2 N–H and O–H groups in total. The molecular formula is C16H22N4O2. The van der Waals surface area contributed by atoms with E-state index in [9.17, 15) is 4.79 Å². The normalized spacial score (nSPS) is 10.5. The summed E-state index contributed by atoms with van der Waals surface area (Å²) in [5.41, 5.74) is 3.53. The van der Waals surface area contributed by atoms with Crippen molar-refractivity contribution in [3.05, 3.63) is 41.7 Å². The van der Waals surface area contributed by atoms with Crippen molar-refractivity contribution in [2.75, 3.05) is 25.6 Å². The van der Waals surface area contributed by atoms with E-state index >= 15 is 0 Å². The van der Waals surface area contributed by atoms with E-state index in [1.807, 2.05) is 48.9 Å². The van der Waals surface area contributed by atoms with E-state index in [2.05, 4.69) is 15.7 Å². The van der Waals surface area contributed by atoms with E-state index in [-0.39, 0.29) is 6.03 Å². The molecular weight excluding hydrogens is 280 g/mol. The van der Waals surface area contributed by atoms with Crippen LogP contribution >= 0.6 is 0 Å². The summed E-state index contributed by atoms with van der Waals surface area (Å²) in [4.78, 5) is 12.0. The third-order valence-corrected chi connectivity index (χ3v) is 3.20. The Morgan fingerprint density at radius 2 is 2.09 bits per heavy atom. The average molecular weight is 302 g/mol. The largest absolute Gasteiger partial charge is 0.385 e. The number of hydrogen-bond donors (Lipinski definition) is 2. The maximum Gasteiger partial charge on any atom is 0.319 e. The lowest BCUT2D eigenvalue weighted by Crippen LogP contribution is -2.30. The molecule has 118 valence electrons. The van der Waals surface area contributed by atoms with Crippen molar-refractivity contribution in [2.24, 2.45) is 0 Å². The fourth-order valence-corrected chi connectivity index (χ4v) is 2.22. The van der Waals surface area contributed by atoms with Gasteiger partial charge in [0.25, 0.3) is 0 Å². The van der Waals surface area contributed by atoms with Gasteiger partial charge in [-0.3, -0.25) is 0 Å². The monoisotopic (exact) mass is 302 g/mol. The molecule has 0 aliphatic carbocycles. The zero-order valence-electron chi connectivity index (χ0n) is 13.2. The molecule has 0 bridgehead atoms. The van der Waals surface area contributed by atoms with Crippen LogP contribution < -0.4 is 10.6 Å². The second-order valence-electron chi connectivity index (χ2n) is 5.08. The van der Waals surface area contributed by atoms with Gasteiger partial charge in [0.15, 0.2) is 0 Å². The summed E-state index contributed by atoms with van der Waals surface area (Å²) in [7, 11) is 1.64. The van der Waals surface area contributed by atoms with Crippen molar-refractivity contribution >= 4 is 11.7 Å². The molecule has 0 fully saturated rings. The van der Waals surface area contributed by atoms with Crippen LogP contribution in [0.4, 0.5) is 10.5 Å². The molecule has 0 aliphatic heterocycles. The predicted octanol–water partition coefficient (Wildman–Crippen LogP) is 2.65. The molecule has 0 unspecified atom stereocenters.